The van der Waals surface area contributed by atoms with Gasteiger partial charge in [0.2, 0.25) is 11.8 Å². The summed E-state index contributed by atoms with van der Waals surface area (Å²) >= 11 is 0. The number of rotatable bonds is 17. The van der Waals surface area contributed by atoms with Crippen molar-refractivity contribution >= 4 is 11.9 Å². The molecule has 7 N–H and O–H groups in total. The van der Waals surface area contributed by atoms with Crippen molar-refractivity contribution in [2.45, 2.75) is 136 Å². The van der Waals surface area contributed by atoms with Crippen molar-refractivity contribution in [2.75, 3.05) is 0 Å². The summed E-state index contributed by atoms with van der Waals surface area (Å²) in [4.78, 5) is 23.8. The summed E-state index contributed by atoms with van der Waals surface area (Å²) in [6.45, 7) is 0. The lowest BCUT2D eigenvalue weighted by Gasteiger charge is -2.30. The smallest absolute Gasteiger partial charge is 0.407 e. The van der Waals surface area contributed by atoms with Crippen LogP contribution in [0.15, 0.2) is 60.7 Å². The topological polar surface area (TPSA) is 166 Å². The van der Waals surface area contributed by atoms with Gasteiger partial charge in [-0.15, -0.1) is 0 Å². The van der Waals surface area contributed by atoms with Crippen LogP contribution in [0.4, 0.5) is 43.9 Å². The molecule has 9 nitrogen and oxygen atoms in total. The van der Waals surface area contributed by atoms with Crippen LogP contribution in [0.3, 0.4) is 0 Å². The standard InChI is InChI=1S/C20H22F5N3O.C16H18F5NO2.C4H6N2.ClH/c21-19(22,10-13-6-7-13)11-15(17(29)28-18(12-26)8-9-18)27-16(20(23,24)25)14-4-2-1-3-5-14;17-15(18,8-10-6-7-10)9-12(14(23)24)22-13(16(19,20)21)11-4-2-1-3-5-11;5-3-4(6)1-2-4;/h1-5,13,15-16,27H,6-11H2,(H,28,29);1-5,10,12-13,22H,6-9H2,(H,23,24);1-2,6H2;1H/t15-,16-;12-,13-;;/m00../s1. The van der Waals surface area contributed by atoms with Crippen LogP contribution < -0.4 is 34.1 Å². The van der Waals surface area contributed by atoms with Gasteiger partial charge in [0.05, 0.1) is 12.1 Å². The monoisotopic (exact) mass is 884 g/mol. The predicted molar refractivity (Wildman–Crippen MR) is 192 cm³/mol. The van der Waals surface area contributed by atoms with Crippen LogP contribution in [-0.2, 0) is 9.59 Å². The number of hydrogen-bond donors (Lipinski definition) is 5. The van der Waals surface area contributed by atoms with E-state index in [2.05, 4.69) is 22.4 Å². The molecule has 0 radical (unpaired) electrons. The fourth-order valence-corrected chi connectivity index (χ4v) is 6.13. The summed E-state index contributed by atoms with van der Waals surface area (Å²) in [5.74, 6) is -9.66. The van der Waals surface area contributed by atoms with Crippen molar-refractivity contribution in [2.24, 2.45) is 11.8 Å². The van der Waals surface area contributed by atoms with Crippen molar-refractivity contribution < 1.29 is 76.7 Å². The zero-order valence-corrected chi connectivity index (χ0v) is 33.0. The van der Waals surface area contributed by atoms with Crippen LogP contribution in [0.5, 0.6) is 0 Å². The van der Waals surface area contributed by atoms with E-state index in [1.807, 2.05) is 11.4 Å². The van der Waals surface area contributed by atoms with Crippen LogP contribution in [-0.4, -0.2) is 64.3 Å². The number of benzene rings is 2. The number of alkyl halides is 10. The molecule has 0 saturated heterocycles. The van der Waals surface area contributed by atoms with Crippen LogP contribution in [0.1, 0.15) is 100 Å². The minimum absolute atomic E-state index is 0. The van der Waals surface area contributed by atoms with Gasteiger partial charge in [-0.3, -0.25) is 20.2 Å². The molecule has 4 aliphatic carbocycles. The Labute approximate surface area is 346 Å². The van der Waals surface area contributed by atoms with E-state index in [-0.39, 0.29) is 40.9 Å². The molecule has 0 unspecified atom stereocenters. The molecule has 0 aliphatic heterocycles. The summed E-state index contributed by atoms with van der Waals surface area (Å²) in [7, 11) is 0. The van der Waals surface area contributed by atoms with Gasteiger partial charge in [0.15, 0.2) is 5.54 Å². The molecular weight excluding hydrogens is 838 g/mol. The lowest BCUT2D eigenvalue weighted by atomic mass is 9.99. The van der Waals surface area contributed by atoms with Crippen LogP contribution in [0, 0.1) is 34.5 Å². The fourth-order valence-electron chi connectivity index (χ4n) is 6.13. The SMILES string of the molecule is N#CC1(NC(=O)[C@H](CC(F)(F)CC2CC2)N[C@@H](c2ccccc2)C(F)(F)F)CC1.N#CC1([NH3+])CC1.O=C(O)[C@H](CC(F)(F)CC1CC1)N[C@@H](c1ccccc1)C(F)(F)F.[Cl-]. The molecule has 20 heteroatoms. The summed E-state index contributed by atoms with van der Waals surface area (Å²) in [5.41, 5.74) is 1.93. The highest BCUT2D eigenvalue weighted by Crippen LogP contribution is 2.43. The summed E-state index contributed by atoms with van der Waals surface area (Å²) in [5, 5.41) is 32.7. The molecule has 332 valence electrons. The predicted octanol–water partition coefficient (Wildman–Crippen LogP) is 4.69. The third kappa shape index (κ3) is 16.7. The Hall–Kier alpha value is -4.17. The molecule has 4 atom stereocenters. The van der Waals surface area contributed by atoms with Gasteiger partial charge >= 0.3 is 18.3 Å². The van der Waals surface area contributed by atoms with E-state index >= 15 is 0 Å². The molecule has 6 rings (SSSR count). The van der Waals surface area contributed by atoms with E-state index < -0.39 is 91.5 Å². The summed E-state index contributed by atoms with van der Waals surface area (Å²) < 4.78 is 137. The van der Waals surface area contributed by atoms with Crippen molar-refractivity contribution in [3.63, 3.8) is 0 Å². The molecule has 0 bridgehead atoms. The van der Waals surface area contributed by atoms with E-state index in [1.165, 1.54) is 60.7 Å². The van der Waals surface area contributed by atoms with Crippen molar-refractivity contribution in [1.82, 2.24) is 16.0 Å². The Kier molecular flexibility index (Phi) is 16.8. The Bertz CT molecular complexity index is 1790. The number of hydrogen-bond acceptors (Lipinski definition) is 6. The maximum Gasteiger partial charge on any atom is 0.407 e. The van der Waals surface area contributed by atoms with Gasteiger partial charge in [-0.1, -0.05) is 60.7 Å². The number of nitrogens with zero attached hydrogens (tertiary/aromatic N) is 2. The van der Waals surface area contributed by atoms with Gasteiger partial charge in [-0.2, -0.15) is 36.9 Å². The Morgan fingerprint density at radius 1 is 0.683 bits per heavy atom. The molecule has 60 heavy (non-hydrogen) atoms. The molecule has 4 fully saturated rings. The number of amides is 1. The normalized spacial score (nSPS) is 19.7. The first kappa shape index (κ1) is 50.2. The van der Waals surface area contributed by atoms with Crippen molar-refractivity contribution in [3.8, 4) is 12.1 Å². The highest BCUT2D eigenvalue weighted by atomic mass is 35.5. The summed E-state index contributed by atoms with van der Waals surface area (Å²) in [6, 6.07) is 8.98. The number of carbonyl (C=O) groups excluding carboxylic acids is 1. The van der Waals surface area contributed by atoms with E-state index in [4.69, 9.17) is 15.6 Å². The molecule has 1 amide bonds. The molecule has 2 aromatic carbocycles. The van der Waals surface area contributed by atoms with Gasteiger partial charge in [-0.05, 0) is 61.5 Å². The minimum Gasteiger partial charge on any atom is -1.00 e. The zero-order valence-electron chi connectivity index (χ0n) is 32.2. The maximum absolute atomic E-state index is 14.4. The zero-order chi connectivity index (χ0) is 43.9. The molecule has 4 saturated carbocycles. The third-order valence-corrected chi connectivity index (χ3v) is 10.3. The van der Waals surface area contributed by atoms with Crippen LogP contribution in [0.2, 0.25) is 0 Å². The van der Waals surface area contributed by atoms with Crippen molar-refractivity contribution in [3.05, 3.63) is 71.8 Å². The van der Waals surface area contributed by atoms with E-state index in [9.17, 15) is 53.5 Å². The first-order chi connectivity index (χ1) is 27.4. The number of aliphatic carboxylic acids is 1. The van der Waals surface area contributed by atoms with E-state index in [1.54, 1.807) is 0 Å². The lowest BCUT2D eigenvalue weighted by Crippen LogP contribution is -3.00. The second-order valence-electron chi connectivity index (χ2n) is 16.0. The molecule has 2 aromatic rings. The first-order valence-corrected chi connectivity index (χ1v) is 19.1. The number of carboxylic acid groups (broad SMARTS) is 1. The first-order valence-electron chi connectivity index (χ1n) is 19.1. The molecule has 4 aliphatic rings. The second-order valence-corrected chi connectivity index (χ2v) is 16.0. The molecule has 0 aromatic heterocycles. The fraction of sp³-hybridized carbons (Fsp3) is 0.600. The number of nitriles is 2. The largest absolute Gasteiger partial charge is 1.00 e. The average molecular weight is 885 g/mol. The minimum atomic E-state index is -4.80. The van der Waals surface area contributed by atoms with Crippen molar-refractivity contribution in [1.29, 1.82) is 10.5 Å². The van der Waals surface area contributed by atoms with Crippen LogP contribution >= 0.6 is 0 Å². The van der Waals surface area contributed by atoms with E-state index in [0.29, 0.717) is 38.5 Å². The number of carboxylic acids is 1. The highest BCUT2D eigenvalue weighted by Gasteiger charge is 2.50. The van der Waals surface area contributed by atoms with E-state index in [0.717, 1.165) is 12.8 Å². The summed E-state index contributed by atoms with van der Waals surface area (Å²) in [6.07, 6.45) is -7.44. The Morgan fingerprint density at radius 3 is 1.35 bits per heavy atom. The average Bonchev–Trinajstić information content (AvgIpc) is 3.91. The lowest BCUT2D eigenvalue weighted by molar-refractivity contribution is -0.417. The number of halogens is 11. The Balaban J connectivity index is 0.000000280. The number of nitrogens with one attached hydrogen (secondary N) is 3. The van der Waals surface area contributed by atoms with Gasteiger partial charge in [-0.25, -0.2) is 17.6 Å². The molecule has 0 heterocycles. The van der Waals surface area contributed by atoms with Gasteiger partial charge in [0.1, 0.15) is 29.7 Å². The second kappa shape index (κ2) is 20.1. The third-order valence-electron chi connectivity index (χ3n) is 10.3. The molecule has 0 spiro atoms. The van der Waals surface area contributed by atoms with Gasteiger partial charge < -0.3 is 28.6 Å². The van der Waals surface area contributed by atoms with Gasteiger partial charge in [0.25, 0.3) is 5.92 Å². The Morgan fingerprint density at radius 2 is 1.07 bits per heavy atom. The van der Waals surface area contributed by atoms with Crippen LogP contribution in [0.25, 0.3) is 0 Å². The number of carbonyl (C=O) groups is 2. The van der Waals surface area contributed by atoms with Gasteiger partial charge in [0, 0.05) is 38.5 Å². The maximum atomic E-state index is 14.4. The molecular formula is C40H47ClF10N6O3. The highest BCUT2D eigenvalue weighted by molar-refractivity contribution is 5.83. The number of quaternary nitrogens is 1. The quantitative estimate of drug-likeness (QED) is 0.144.